The highest BCUT2D eigenvalue weighted by Gasteiger charge is 1.87. The maximum atomic E-state index is 5.24. The van der Waals surface area contributed by atoms with E-state index in [1.54, 1.807) is 0 Å². The number of rotatable bonds is 2. The molecule has 1 atom stereocenters. The summed E-state index contributed by atoms with van der Waals surface area (Å²) in [5, 5.41) is 0. The minimum atomic E-state index is -0.532. The number of hydrogen-bond donors (Lipinski definition) is 0. The first-order valence-electron chi connectivity index (χ1n) is 2.39. The van der Waals surface area contributed by atoms with Crippen molar-refractivity contribution in [1.82, 2.24) is 0 Å². The fraction of sp³-hybridized carbons (Fsp3) is 1.00. The molecule has 0 aromatic carbocycles. The minimum Gasteiger partial charge on any atom is -0.425 e. The summed E-state index contributed by atoms with van der Waals surface area (Å²) in [6.07, 6.45) is 0. The summed E-state index contributed by atoms with van der Waals surface area (Å²) < 4.78 is 5.24. The van der Waals surface area contributed by atoms with Gasteiger partial charge in [-0.3, -0.25) is 0 Å². The van der Waals surface area contributed by atoms with Crippen LogP contribution in [-0.4, -0.2) is 24.9 Å². The van der Waals surface area contributed by atoms with Gasteiger partial charge in [-0.05, 0) is 6.92 Å². The number of hydrogen-bond acceptors (Lipinski definition) is 1. The second-order valence-electron chi connectivity index (χ2n) is 1.50. The van der Waals surface area contributed by atoms with Crippen molar-refractivity contribution in [3.63, 3.8) is 0 Å². The van der Waals surface area contributed by atoms with Crippen molar-refractivity contribution < 1.29 is 4.43 Å². The summed E-state index contributed by atoms with van der Waals surface area (Å²) in [7, 11) is 0.764. The molecular weight excluding hydrogens is 108 g/mol. The summed E-state index contributed by atoms with van der Waals surface area (Å²) in [6.45, 7) is 5.22. The van der Waals surface area contributed by atoms with E-state index < -0.39 is 8.56 Å². The Labute approximate surface area is 43.6 Å². The van der Waals surface area contributed by atoms with Crippen LogP contribution in [0, 0.1) is 0 Å². The van der Waals surface area contributed by atoms with E-state index in [0.29, 0.717) is 0 Å². The molecule has 0 N–H and O–H groups in total. The Balaban J connectivity index is 2.63. The Bertz CT molecular complexity index is 30.0. The van der Waals surface area contributed by atoms with Crippen LogP contribution < -0.4 is 0 Å². The van der Waals surface area contributed by atoms with Gasteiger partial charge < -0.3 is 4.43 Å². The quantitative estimate of drug-likeness (QED) is 0.435. The maximum Gasteiger partial charge on any atom is 0.151 e. The van der Waals surface area contributed by atoms with Gasteiger partial charge in [0.1, 0.15) is 0 Å². The standard InChI is InChI=1S/C3H12OSi2/c1-3-4-6(2)5/h6H,3H2,1-2,5H3. The first-order valence-corrected chi connectivity index (χ1v) is 8.63. The van der Waals surface area contributed by atoms with E-state index in [0.717, 1.165) is 6.61 Å². The molecule has 0 aliphatic heterocycles. The van der Waals surface area contributed by atoms with Gasteiger partial charge in [0.15, 0.2) is 8.56 Å². The van der Waals surface area contributed by atoms with Gasteiger partial charge in [-0.2, -0.15) is 0 Å². The molecule has 1 unspecified atom stereocenters. The van der Waals surface area contributed by atoms with Gasteiger partial charge in [0.05, 0.1) is 0 Å². The minimum absolute atomic E-state index is 0.532. The van der Waals surface area contributed by atoms with Crippen LogP contribution in [0.25, 0.3) is 0 Å². The zero-order valence-electron chi connectivity index (χ0n) is 4.69. The maximum absolute atomic E-state index is 5.24. The lowest BCUT2D eigenvalue weighted by Crippen LogP contribution is -2.12. The van der Waals surface area contributed by atoms with Crippen LogP contribution in [0.2, 0.25) is 6.55 Å². The molecule has 0 amide bonds. The average molecular weight is 120 g/mol. The van der Waals surface area contributed by atoms with Crippen molar-refractivity contribution in [2.75, 3.05) is 6.61 Å². The van der Waals surface area contributed by atoms with Crippen molar-refractivity contribution >= 4 is 18.3 Å². The molecule has 0 aliphatic carbocycles. The molecule has 0 saturated heterocycles. The van der Waals surface area contributed by atoms with Gasteiger partial charge in [0.25, 0.3) is 0 Å². The molecule has 0 bridgehead atoms. The molecule has 0 aromatic heterocycles. The van der Waals surface area contributed by atoms with Crippen LogP contribution in [0.15, 0.2) is 0 Å². The predicted octanol–water partition coefficient (Wildman–Crippen LogP) is -0.761. The fourth-order valence-electron chi connectivity index (χ4n) is 0.333. The molecule has 0 spiro atoms. The third-order valence-corrected chi connectivity index (χ3v) is 2.50. The molecular formula is C3H12OSi2. The van der Waals surface area contributed by atoms with Gasteiger partial charge in [0.2, 0.25) is 0 Å². The highest BCUT2D eigenvalue weighted by Crippen LogP contribution is 1.73. The molecule has 0 saturated carbocycles. The Hall–Kier alpha value is 0.394. The van der Waals surface area contributed by atoms with Gasteiger partial charge in [-0.1, -0.05) is 6.55 Å². The van der Waals surface area contributed by atoms with E-state index in [2.05, 4.69) is 13.5 Å². The summed E-state index contributed by atoms with van der Waals surface area (Å²) in [5.41, 5.74) is 0. The Morgan fingerprint density at radius 3 is 2.33 bits per heavy atom. The van der Waals surface area contributed by atoms with E-state index in [1.807, 2.05) is 0 Å². The van der Waals surface area contributed by atoms with E-state index in [1.165, 1.54) is 9.76 Å². The molecule has 0 radical (unpaired) electrons. The Morgan fingerprint density at radius 2 is 2.33 bits per heavy atom. The largest absolute Gasteiger partial charge is 0.425 e. The van der Waals surface area contributed by atoms with Gasteiger partial charge in [-0.25, -0.2) is 0 Å². The third-order valence-electron chi connectivity index (χ3n) is 0.500. The van der Waals surface area contributed by atoms with Gasteiger partial charge >= 0.3 is 0 Å². The van der Waals surface area contributed by atoms with Crippen LogP contribution in [-0.2, 0) is 4.43 Å². The topological polar surface area (TPSA) is 9.23 Å². The van der Waals surface area contributed by atoms with Crippen LogP contribution in [0.4, 0.5) is 0 Å². The zero-order chi connectivity index (χ0) is 4.99. The summed E-state index contributed by atoms with van der Waals surface area (Å²) in [5.74, 6) is 0. The van der Waals surface area contributed by atoms with Crippen LogP contribution >= 0.6 is 0 Å². The highest BCUT2D eigenvalue weighted by molar-refractivity contribution is 6.98. The first kappa shape index (κ1) is 6.39. The normalized spacial score (nSPS) is 15.0. The van der Waals surface area contributed by atoms with Crippen molar-refractivity contribution in [3.05, 3.63) is 0 Å². The van der Waals surface area contributed by atoms with Crippen LogP contribution in [0.5, 0.6) is 0 Å². The summed E-state index contributed by atoms with van der Waals surface area (Å²) in [6, 6.07) is 0. The van der Waals surface area contributed by atoms with Crippen molar-refractivity contribution in [2.24, 2.45) is 0 Å². The average Bonchev–Trinajstić information content (AvgIpc) is 1.35. The molecule has 38 valence electrons. The lowest BCUT2D eigenvalue weighted by molar-refractivity contribution is 0.358. The molecule has 1 nitrogen and oxygen atoms in total. The first-order chi connectivity index (χ1) is 2.77. The smallest absolute Gasteiger partial charge is 0.151 e. The molecule has 0 heterocycles. The Morgan fingerprint density at radius 1 is 1.83 bits per heavy atom. The van der Waals surface area contributed by atoms with Crippen molar-refractivity contribution in [2.45, 2.75) is 13.5 Å². The lowest BCUT2D eigenvalue weighted by atomic mass is 10.9. The molecule has 0 fully saturated rings. The summed E-state index contributed by atoms with van der Waals surface area (Å²) in [4.78, 5) is 0. The van der Waals surface area contributed by atoms with E-state index in [9.17, 15) is 0 Å². The van der Waals surface area contributed by atoms with Crippen LogP contribution in [0.3, 0.4) is 0 Å². The Kier molecular flexibility index (Phi) is 3.81. The second-order valence-corrected chi connectivity index (χ2v) is 8.81. The van der Waals surface area contributed by atoms with Gasteiger partial charge in [0, 0.05) is 16.4 Å². The SMILES string of the molecule is CCO[SiH](C)[SiH3]. The van der Waals surface area contributed by atoms with E-state index >= 15 is 0 Å². The van der Waals surface area contributed by atoms with E-state index in [-0.39, 0.29) is 0 Å². The van der Waals surface area contributed by atoms with Gasteiger partial charge in [-0.15, -0.1) is 0 Å². The summed E-state index contributed by atoms with van der Waals surface area (Å²) >= 11 is 0. The predicted molar refractivity (Wildman–Crippen MR) is 34.6 cm³/mol. The monoisotopic (exact) mass is 120 g/mol. The molecule has 0 aliphatic rings. The molecule has 0 rings (SSSR count). The van der Waals surface area contributed by atoms with Crippen molar-refractivity contribution in [1.29, 1.82) is 0 Å². The lowest BCUT2D eigenvalue weighted by Gasteiger charge is -1.98. The highest BCUT2D eigenvalue weighted by atomic mass is 29.2. The van der Waals surface area contributed by atoms with Crippen molar-refractivity contribution in [3.8, 4) is 0 Å². The van der Waals surface area contributed by atoms with Crippen LogP contribution in [0.1, 0.15) is 6.92 Å². The van der Waals surface area contributed by atoms with E-state index in [4.69, 9.17) is 4.43 Å². The third kappa shape index (κ3) is 4.39. The zero-order valence-corrected chi connectivity index (χ0v) is 7.85. The molecule has 3 heteroatoms. The molecule has 6 heavy (non-hydrogen) atoms. The molecule has 0 aromatic rings. The fourth-order valence-corrected chi connectivity index (χ4v) is 2.00. The second kappa shape index (κ2) is 3.58.